The average molecular weight is 502 g/mol. The number of aliphatic hydroxyl groups excluding tert-OH is 1. The Balaban J connectivity index is 1.83. The number of nitrogens with zero attached hydrogens (tertiary/aromatic N) is 2. The molecule has 0 spiro atoms. The minimum atomic E-state index is -4.48. The monoisotopic (exact) mass is 501 g/mol. The molecule has 33 heavy (non-hydrogen) atoms. The number of carbonyl (C=O) groups is 1. The van der Waals surface area contributed by atoms with Crippen LogP contribution < -0.4 is 5.32 Å². The smallest absolute Gasteiger partial charge is 0.416 e. The van der Waals surface area contributed by atoms with Gasteiger partial charge in [-0.3, -0.25) is 15.0 Å². The van der Waals surface area contributed by atoms with E-state index in [0.29, 0.717) is 24.2 Å². The average Bonchev–Trinajstić information content (AvgIpc) is 3.15. The van der Waals surface area contributed by atoms with Crippen LogP contribution in [0.4, 0.5) is 18.3 Å². The summed E-state index contributed by atoms with van der Waals surface area (Å²) in [7, 11) is 0. The number of fused-ring (bicyclic) bond motifs is 1. The van der Waals surface area contributed by atoms with Crippen LogP contribution in [0.15, 0.2) is 30.3 Å². The topological polar surface area (TPSA) is 85.7 Å². The number of hydrogen-bond acceptors (Lipinski definition) is 6. The molecule has 1 heterocycles. The molecule has 3 N–H and O–H groups in total. The zero-order valence-corrected chi connectivity index (χ0v) is 19.3. The van der Waals surface area contributed by atoms with Crippen LogP contribution in [0.2, 0.25) is 5.02 Å². The highest BCUT2D eigenvalue weighted by molar-refractivity contribution is 7.22. The van der Waals surface area contributed by atoms with E-state index in [2.05, 4.69) is 10.3 Å². The number of aromatic nitrogens is 1. The second-order valence-electron chi connectivity index (χ2n) is 7.47. The van der Waals surface area contributed by atoms with Crippen molar-refractivity contribution in [2.75, 3.05) is 25.0 Å². The Bertz CT molecular complexity index is 1140. The summed E-state index contributed by atoms with van der Waals surface area (Å²) >= 11 is 7.08. The maximum absolute atomic E-state index is 12.9. The summed E-state index contributed by atoms with van der Waals surface area (Å²) in [5.41, 5.74) is -0.137. The number of carbonyl (C=O) groups excluding carboxylic acids is 1. The zero-order chi connectivity index (χ0) is 24.2. The maximum Gasteiger partial charge on any atom is 0.416 e. The Kier molecular flexibility index (Phi) is 8.17. The van der Waals surface area contributed by atoms with Crippen molar-refractivity contribution in [3.63, 3.8) is 0 Å². The molecule has 1 amide bonds. The number of aliphatic hydroxyl groups is 1. The summed E-state index contributed by atoms with van der Waals surface area (Å²) in [5, 5.41) is 22.9. The number of amides is 1. The van der Waals surface area contributed by atoms with Crippen molar-refractivity contribution in [1.82, 2.24) is 9.88 Å². The van der Waals surface area contributed by atoms with Gasteiger partial charge < -0.3 is 10.2 Å². The first-order chi connectivity index (χ1) is 15.6. The molecule has 0 saturated heterocycles. The number of hydrogen-bond donors (Lipinski definition) is 3. The molecular weight excluding hydrogens is 479 g/mol. The third-order valence-electron chi connectivity index (χ3n) is 4.97. The van der Waals surface area contributed by atoms with Gasteiger partial charge in [0.05, 0.1) is 28.0 Å². The van der Waals surface area contributed by atoms with Crippen LogP contribution >= 0.6 is 22.9 Å². The van der Waals surface area contributed by atoms with E-state index in [1.807, 2.05) is 11.8 Å². The molecule has 178 valence electrons. The van der Waals surface area contributed by atoms with Gasteiger partial charge in [-0.25, -0.2) is 4.98 Å². The fraction of sp³-hybridized carbons (Fsp3) is 0.364. The van der Waals surface area contributed by atoms with Crippen LogP contribution in [0.1, 0.15) is 41.3 Å². The SMILES string of the molecule is CCCCN(CCO)Cc1cc(Cl)cc(C(=O)Nc2nc3ccc(C(F)(F)F)cc3s2)c1O. The number of phenols is 1. The lowest BCUT2D eigenvalue weighted by atomic mass is 10.1. The van der Waals surface area contributed by atoms with Crippen LogP contribution in [0.3, 0.4) is 0 Å². The van der Waals surface area contributed by atoms with E-state index in [1.165, 1.54) is 12.1 Å². The van der Waals surface area contributed by atoms with Crippen LogP contribution in [0.5, 0.6) is 5.75 Å². The lowest BCUT2D eigenvalue weighted by Crippen LogP contribution is -2.27. The summed E-state index contributed by atoms with van der Waals surface area (Å²) < 4.78 is 39.1. The summed E-state index contributed by atoms with van der Waals surface area (Å²) in [6.07, 6.45) is -2.61. The predicted octanol–water partition coefficient (Wildman–Crippen LogP) is 5.52. The fourth-order valence-corrected chi connectivity index (χ4v) is 4.44. The second kappa shape index (κ2) is 10.7. The lowest BCUT2D eigenvalue weighted by molar-refractivity contribution is -0.137. The molecule has 3 aromatic rings. The van der Waals surface area contributed by atoms with Crippen LogP contribution in [0, 0.1) is 0 Å². The minimum Gasteiger partial charge on any atom is -0.507 e. The number of aromatic hydroxyl groups is 1. The molecule has 0 atom stereocenters. The van der Waals surface area contributed by atoms with Crippen molar-refractivity contribution in [2.45, 2.75) is 32.5 Å². The van der Waals surface area contributed by atoms with Gasteiger partial charge in [0.25, 0.3) is 5.91 Å². The standard InChI is InChI=1S/C22H23ClF3N3O3S/c1-2-3-6-29(7-8-30)12-13-9-15(23)11-16(19(13)31)20(32)28-21-27-17-5-4-14(22(24,25)26)10-18(17)33-21/h4-5,9-11,30-31H,2-3,6-8,12H2,1H3,(H,27,28,32). The number of halogens is 4. The molecule has 0 radical (unpaired) electrons. The van der Waals surface area contributed by atoms with E-state index in [4.69, 9.17) is 11.6 Å². The van der Waals surface area contributed by atoms with Crippen molar-refractivity contribution in [3.8, 4) is 5.75 Å². The summed E-state index contributed by atoms with van der Waals surface area (Å²) in [6.45, 7) is 3.39. The molecule has 0 unspecified atom stereocenters. The quantitative estimate of drug-likeness (QED) is 0.359. The maximum atomic E-state index is 12.9. The molecule has 0 bridgehead atoms. The van der Waals surface area contributed by atoms with E-state index in [1.54, 1.807) is 6.07 Å². The first-order valence-corrected chi connectivity index (χ1v) is 11.5. The van der Waals surface area contributed by atoms with Crippen molar-refractivity contribution in [2.24, 2.45) is 0 Å². The first kappa shape index (κ1) is 25.2. The molecule has 1 aromatic heterocycles. The van der Waals surface area contributed by atoms with E-state index in [0.717, 1.165) is 36.3 Å². The first-order valence-electron chi connectivity index (χ1n) is 10.3. The van der Waals surface area contributed by atoms with Gasteiger partial charge in [-0.05, 0) is 43.3 Å². The van der Waals surface area contributed by atoms with E-state index < -0.39 is 17.6 Å². The van der Waals surface area contributed by atoms with Crippen molar-refractivity contribution in [1.29, 1.82) is 0 Å². The molecule has 0 aliphatic carbocycles. The van der Waals surface area contributed by atoms with Gasteiger partial charge in [0.2, 0.25) is 0 Å². The van der Waals surface area contributed by atoms with Crippen LogP contribution in [0.25, 0.3) is 10.2 Å². The third-order valence-corrected chi connectivity index (χ3v) is 6.12. The van der Waals surface area contributed by atoms with E-state index in [-0.39, 0.29) is 39.3 Å². The Hall–Kier alpha value is -2.40. The van der Waals surface area contributed by atoms with Gasteiger partial charge in [0.1, 0.15) is 5.75 Å². The number of alkyl halides is 3. The van der Waals surface area contributed by atoms with Crippen molar-refractivity contribution in [3.05, 3.63) is 52.0 Å². The fourth-order valence-electron chi connectivity index (χ4n) is 3.30. The van der Waals surface area contributed by atoms with Crippen LogP contribution in [-0.2, 0) is 12.7 Å². The molecule has 3 rings (SSSR count). The van der Waals surface area contributed by atoms with Gasteiger partial charge in [-0.1, -0.05) is 36.3 Å². The van der Waals surface area contributed by atoms with Gasteiger partial charge in [-0.15, -0.1) is 0 Å². The molecule has 0 aliphatic rings. The molecule has 0 fully saturated rings. The van der Waals surface area contributed by atoms with E-state index >= 15 is 0 Å². The van der Waals surface area contributed by atoms with Gasteiger partial charge >= 0.3 is 6.18 Å². The Morgan fingerprint density at radius 2 is 2.00 bits per heavy atom. The molecular formula is C22H23ClF3N3O3S. The zero-order valence-electron chi connectivity index (χ0n) is 17.7. The normalized spacial score (nSPS) is 12.0. The molecule has 6 nitrogen and oxygen atoms in total. The van der Waals surface area contributed by atoms with Crippen LogP contribution in [-0.4, -0.2) is 45.7 Å². The highest BCUT2D eigenvalue weighted by atomic mass is 35.5. The number of unbranched alkanes of at least 4 members (excludes halogenated alkanes) is 1. The highest BCUT2D eigenvalue weighted by Crippen LogP contribution is 2.35. The Morgan fingerprint density at radius 1 is 1.24 bits per heavy atom. The van der Waals surface area contributed by atoms with E-state index in [9.17, 15) is 28.2 Å². The molecule has 0 saturated carbocycles. The number of anilines is 1. The molecule has 2 aromatic carbocycles. The molecule has 0 aliphatic heterocycles. The van der Waals surface area contributed by atoms with Crippen molar-refractivity contribution < 1.29 is 28.2 Å². The highest BCUT2D eigenvalue weighted by Gasteiger charge is 2.31. The van der Waals surface area contributed by atoms with Crippen molar-refractivity contribution >= 4 is 44.2 Å². The van der Waals surface area contributed by atoms with Gasteiger partial charge in [0, 0.05) is 23.7 Å². The Morgan fingerprint density at radius 3 is 2.67 bits per heavy atom. The number of rotatable bonds is 9. The summed E-state index contributed by atoms with van der Waals surface area (Å²) in [4.78, 5) is 18.9. The second-order valence-corrected chi connectivity index (χ2v) is 8.93. The largest absolute Gasteiger partial charge is 0.507 e. The number of phenolic OH excluding ortho intramolecular Hbond substituents is 1. The third kappa shape index (κ3) is 6.35. The number of nitrogens with one attached hydrogen (secondary N) is 1. The number of benzene rings is 2. The summed E-state index contributed by atoms with van der Waals surface area (Å²) in [6, 6.07) is 6.02. The van der Waals surface area contributed by atoms with Gasteiger partial charge in [-0.2, -0.15) is 13.2 Å². The predicted molar refractivity (Wildman–Crippen MR) is 123 cm³/mol. The summed E-state index contributed by atoms with van der Waals surface area (Å²) in [5.74, 6) is -0.939. The lowest BCUT2D eigenvalue weighted by Gasteiger charge is -2.22. The molecule has 11 heteroatoms. The minimum absolute atomic E-state index is 0.0496. The Labute approximate surface area is 197 Å². The number of thiazole rings is 1. The van der Waals surface area contributed by atoms with Gasteiger partial charge in [0.15, 0.2) is 5.13 Å².